The number of hydrogen-bond acceptors (Lipinski definition) is 15. The minimum Gasteiger partial charge on any atom is -0.394 e. The Morgan fingerprint density at radius 2 is 0.912 bits per heavy atom. The molecular formula is C19H34O15. The van der Waals surface area contributed by atoms with E-state index in [2.05, 4.69) is 0 Å². The SMILES string of the molecule is C[C@@H]1OC(CO)[C@@H](O[C@@H]2OC(CO)[C@H](O[C@H]3OC(CO)[C@H](O)[C@H](O)C3O)[C@H](O)C2O)[C@H](O)C1O. The van der Waals surface area contributed by atoms with Crippen molar-refractivity contribution in [3.8, 4) is 0 Å². The summed E-state index contributed by atoms with van der Waals surface area (Å²) in [6.45, 7) is -0.626. The van der Waals surface area contributed by atoms with Gasteiger partial charge in [0, 0.05) is 0 Å². The summed E-state index contributed by atoms with van der Waals surface area (Å²) in [4.78, 5) is 0. The number of aliphatic hydroxyl groups is 10. The summed E-state index contributed by atoms with van der Waals surface area (Å²) in [5.74, 6) is 0. The number of ether oxygens (including phenoxy) is 5. The van der Waals surface area contributed by atoms with Gasteiger partial charge in [0.2, 0.25) is 0 Å². The summed E-state index contributed by atoms with van der Waals surface area (Å²) >= 11 is 0. The quantitative estimate of drug-likeness (QED) is 0.155. The molecule has 0 aromatic rings. The average molecular weight is 502 g/mol. The van der Waals surface area contributed by atoms with Crippen LogP contribution in [0.1, 0.15) is 6.92 Å². The Morgan fingerprint density at radius 1 is 0.500 bits per heavy atom. The highest BCUT2D eigenvalue weighted by Crippen LogP contribution is 2.32. The Bertz CT molecular complexity index is 635. The van der Waals surface area contributed by atoms with Crippen LogP contribution in [0.15, 0.2) is 0 Å². The third kappa shape index (κ3) is 5.39. The van der Waals surface area contributed by atoms with Crippen molar-refractivity contribution in [3.63, 3.8) is 0 Å². The predicted molar refractivity (Wildman–Crippen MR) is 105 cm³/mol. The minimum atomic E-state index is -1.85. The van der Waals surface area contributed by atoms with Crippen LogP contribution in [-0.4, -0.2) is 163 Å². The Labute approximate surface area is 194 Å². The molecule has 3 aliphatic heterocycles. The second-order valence-electron chi connectivity index (χ2n) is 8.65. The summed E-state index contributed by atoms with van der Waals surface area (Å²) in [7, 11) is 0. The zero-order chi connectivity index (χ0) is 25.3. The minimum absolute atomic E-state index is 0.601. The lowest BCUT2D eigenvalue weighted by Crippen LogP contribution is -2.66. The summed E-state index contributed by atoms with van der Waals surface area (Å²) in [6.07, 6.45) is -22.6. The van der Waals surface area contributed by atoms with Gasteiger partial charge in [-0.05, 0) is 6.92 Å². The van der Waals surface area contributed by atoms with Gasteiger partial charge >= 0.3 is 0 Å². The fourth-order valence-electron chi connectivity index (χ4n) is 4.26. The molecule has 0 bridgehead atoms. The van der Waals surface area contributed by atoms with E-state index in [0.717, 1.165) is 0 Å². The van der Waals surface area contributed by atoms with E-state index in [-0.39, 0.29) is 0 Å². The topological polar surface area (TPSA) is 248 Å². The monoisotopic (exact) mass is 502 g/mol. The molecule has 0 saturated carbocycles. The predicted octanol–water partition coefficient (Wildman–Crippen LogP) is -6.50. The highest BCUT2D eigenvalue weighted by atomic mass is 16.7. The van der Waals surface area contributed by atoms with E-state index in [9.17, 15) is 51.1 Å². The first kappa shape index (κ1) is 28.0. The molecule has 0 aliphatic carbocycles. The van der Waals surface area contributed by atoms with Crippen molar-refractivity contribution in [2.24, 2.45) is 0 Å². The molecule has 3 aliphatic rings. The molecule has 0 amide bonds. The van der Waals surface area contributed by atoms with E-state index < -0.39 is 112 Å². The van der Waals surface area contributed by atoms with E-state index in [1.54, 1.807) is 0 Å². The summed E-state index contributed by atoms with van der Waals surface area (Å²) in [6, 6.07) is 0. The maximum Gasteiger partial charge on any atom is 0.187 e. The first-order valence-electron chi connectivity index (χ1n) is 10.9. The van der Waals surface area contributed by atoms with Gasteiger partial charge in [0.05, 0.1) is 25.9 Å². The zero-order valence-electron chi connectivity index (χ0n) is 18.3. The van der Waals surface area contributed by atoms with E-state index in [0.29, 0.717) is 0 Å². The van der Waals surface area contributed by atoms with Crippen LogP contribution in [0.2, 0.25) is 0 Å². The largest absolute Gasteiger partial charge is 0.394 e. The Kier molecular flexibility index (Phi) is 9.57. The average Bonchev–Trinajstić information content (AvgIpc) is 2.83. The normalized spacial score (nSPS) is 52.5. The van der Waals surface area contributed by atoms with Crippen molar-refractivity contribution in [3.05, 3.63) is 0 Å². The first-order chi connectivity index (χ1) is 16.0. The Hall–Kier alpha value is -0.600. The van der Waals surface area contributed by atoms with Gasteiger partial charge in [-0.15, -0.1) is 0 Å². The second-order valence-corrected chi connectivity index (χ2v) is 8.65. The molecule has 0 aromatic heterocycles. The molecule has 0 aromatic carbocycles. The lowest BCUT2D eigenvalue weighted by molar-refractivity contribution is -0.372. The molecule has 34 heavy (non-hydrogen) atoms. The lowest BCUT2D eigenvalue weighted by Gasteiger charge is -2.48. The second kappa shape index (κ2) is 11.6. The highest BCUT2D eigenvalue weighted by molar-refractivity contribution is 4.96. The maximum atomic E-state index is 10.6. The van der Waals surface area contributed by atoms with E-state index in [1.165, 1.54) is 6.92 Å². The van der Waals surface area contributed by atoms with Crippen molar-refractivity contribution >= 4 is 0 Å². The van der Waals surface area contributed by atoms with Gasteiger partial charge in [0.15, 0.2) is 12.6 Å². The Balaban J connectivity index is 1.72. The molecule has 15 nitrogen and oxygen atoms in total. The van der Waals surface area contributed by atoms with Gasteiger partial charge in [-0.3, -0.25) is 0 Å². The summed E-state index contributed by atoms with van der Waals surface area (Å²) in [5, 5.41) is 100. The van der Waals surface area contributed by atoms with Crippen LogP contribution in [0.5, 0.6) is 0 Å². The van der Waals surface area contributed by atoms with Crippen LogP contribution in [-0.2, 0) is 23.7 Å². The molecule has 6 unspecified atom stereocenters. The van der Waals surface area contributed by atoms with Gasteiger partial charge in [-0.2, -0.15) is 0 Å². The van der Waals surface area contributed by atoms with Gasteiger partial charge < -0.3 is 74.7 Å². The van der Waals surface area contributed by atoms with Crippen LogP contribution in [0, 0.1) is 0 Å². The number of rotatable bonds is 7. The van der Waals surface area contributed by atoms with E-state index >= 15 is 0 Å². The van der Waals surface area contributed by atoms with Crippen LogP contribution >= 0.6 is 0 Å². The van der Waals surface area contributed by atoms with Gasteiger partial charge in [-0.25, -0.2) is 0 Å². The Morgan fingerprint density at radius 3 is 1.41 bits per heavy atom. The van der Waals surface area contributed by atoms with Crippen molar-refractivity contribution in [1.82, 2.24) is 0 Å². The van der Waals surface area contributed by atoms with Gasteiger partial charge in [0.25, 0.3) is 0 Å². The summed E-state index contributed by atoms with van der Waals surface area (Å²) in [5.41, 5.74) is 0. The van der Waals surface area contributed by atoms with Gasteiger partial charge in [-0.1, -0.05) is 0 Å². The van der Waals surface area contributed by atoms with Crippen LogP contribution in [0.3, 0.4) is 0 Å². The molecule has 15 atom stereocenters. The third-order valence-electron chi connectivity index (χ3n) is 6.35. The van der Waals surface area contributed by atoms with E-state index in [4.69, 9.17) is 23.7 Å². The van der Waals surface area contributed by atoms with Crippen molar-refractivity contribution < 1.29 is 74.7 Å². The molecule has 3 heterocycles. The first-order valence-corrected chi connectivity index (χ1v) is 10.9. The molecule has 0 radical (unpaired) electrons. The fourth-order valence-corrected chi connectivity index (χ4v) is 4.26. The molecule has 3 rings (SSSR count). The lowest BCUT2D eigenvalue weighted by atomic mass is 9.94. The smallest absolute Gasteiger partial charge is 0.187 e. The zero-order valence-corrected chi connectivity index (χ0v) is 18.3. The van der Waals surface area contributed by atoms with Crippen LogP contribution < -0.4 is 0 Å². The molecule has 0 spiro atoms. The molecule has 200 valence electrons. The molecule has 10 N–H and O–H groups in total. The van der Waals surface area contributed by atoms with Gasteiger partial charge in [0.1, 0.15) is 73.2 Å². The van der Waals surface area contributed by atoms with Crippen molar-refractivity contribution in [1.29, 1.82) is 0 Å². The van der Waals surface area contributed by atoms with E-state index in [1.807, 2.05) is 0 Å². The van der Waals surface area contributed by atoms with Crippen LogP contribution in [0.4, 0.5) is 0 Å². The third-order valence-corrected chi connectivity index (χ3v) is 6.35. The van der Waals surface area contributed by atoms with Crippen molar-refractivity contribution in [2.75, 3.05) is 19.8 Å². The van der Waals surface area contributed by atoms with Crippen LogP contribution in [0.25, 0.3) is 0 Å². The molecule has 3 saturated heterocycles. The molecule has 3 fully saturated rings. The summed E-state index contributed by atoms with van der Waals surface area (Å²) < 4.78 is 27.1. The standard InChI is InChI=1S/C19H34O15/c1-5-9(23)12(26)16(7(3-21)30-5)33-19-15(29)13(27)17(8(4-22)32-19)34-18-14(28)11(25)10(24)6(2-20)31-18/h5-29H,2-4H2,1H3/t5-,6?,7?,8?,9?,10-,11-,12+,13+,14?,15?,16+,17-,18+,19-/m0/s1. The maximum absolute atomic E-state index is 10.6. The number of aliphatic hydroxyl groups excluding tert-OH is 10. The highest BCUT2D eigenvalue weighted by Gasteiger charge is 2.52. The van der Waals surface area contributed by atoms with Crippen molar-refractivity contribution in [2.45, 2.75) is 98.9 Å². The fraction of sp³-hybridized carbons (Fsp3) is 1.00. The number of hydrogen-bond donors (Lipinski definition) is 10. The molecular weight excluding hydrogens is 468 g/mol. The molecule has 15 heteroatoms.